The molecule has 9 heteroatoms. The summed E-state index contributed by atoms with van der Waals surface area (Å²) in [6.07, 6.45) is 4.32. The topological polar surface area (TPSA) is 85.7 Å². The highest BCUT2D eigenvalue weighted by Crippen LogP contribution is 2.15. The minimum atomic E-state index is -0.409. The van der Waals surface area contributed by atoms with Crippen molar-refractivity contribution in [3.05, 3.63) is 88.7 Å². The third kappa shape index (κ3) is 7.63. The maximum Gasteiger partial charge on any atom is 0.326 e. The minimum Gasteiger partial charge on any atom is -0.340 e. The largest absolute Gasteiger partial charge is 0.340 e. The first-order valence-electron chi connectivity index (χ1n) is 11.9. The Morgan fingerprint density at radius 3 is 2.42 bits per heavy atom. The second-order valence-corrected chi connectivity index (χ2v) is 9.01. The number of amides is 2. The average molecular weight is 504 g/mol. The fraction of sp³-hybridized carbons (Fsp3) is 0.259. The number of rotatable bonds is 5. The van der Waals surface area contributed by atoms with Gasteiger partial charge in [-0.1, -0.05) is 60.2 Å². The molecule has 186 valence electrons. The first-order chi connectivity index (χ1) is 17.4. The number of halogens is 1. The maximum atomic E-state index is 12.8. The number of anilines is 1. The van der Waals surface area contributed by atoms with Crippen LogP contribution < -0.4 is 10.6 Å². The number of benzene rings is 2. The number of carbonyl (C=O) groups excluding carboxylic acids is 1. The lowest BCUT2D eigenvalue weighted by molar-refractivity contribution is 0.194. The third-order valence-electron chi connectivity index (χ3n) is 5.63. The van der Waals surface area contributed by atoms with Crippen LogP contribution in [0.5, 0.6) is 0 Å². The summed E-state index contributed by atoms with van der Waals surface area (Å²) in [5.74, 6) is 0.734. The van der Waals surface area contributed by atoms with Gasteiger partial charge in [0.05, 0.1) is 0 Å². The minimum absolute atomic E-state index is 0.318. The summed E-state index contributed by atoms with van der Waals surface area (Å²) >= 11 is 6.05. The van der Waals surface area contributed by atoms with E-state index in [2.05, 4.69) is 59.7 Å². The number of carbonyl (C=O) groups is 1. The van der Waals surface area contributed by atoms with E-state index in [9.17, 15) is 4.79 Å². The van der Waals surface area contributed by atoms with Crippen LogP contribution in [0, 0.1) is 13.8 Å². The Morgan fingerprint density at radius 1 is 1.00 bits per heavy atom. The van der Waals surface area contributed by atoms with Gasteiger partial charge < -0.3 is 10.2 Å². The zero-order valence-electron chi connectivity index (χ0n) is 20.5. The molecule has 0 radical (unpaired) electrons. The molecule has 4 rings (SSSR count). The first-order valence-corrected chi connectivity index (χ1v) is 12.3. The van der Waals surface area contributed by atoms with Crippen molar-refractivity contribution in [1.82, 2.24) is 25.1 Å². The van der Waals surface area contributed by atoms with Gasteiger partial charge in [-0.2, -0.15) is 4.99 Å². The molecular formula is C27H30ClN7O. The molecule has 1 aliphatic heterocycles. The van der Waals surface area contributed by atoms with Gasteiger partial charge in [-0.25, -0.2) is 14.8 Å². The molecular weight excluding hydrogens is 474 g/mol. The van der Waals surface area contributed by atoms with E-state index < -0.39 is 6.03 Å². The van der Waals surface area contributed by atoms with Gasteiger partial charge in [0.2, 0.25) is 5.96 Å². The van der Waals surface area contributed by atoms with Crippen LogP contribution in [-0.4, -0.2) is 64.5 Å². The molecule has 0 atom stereocenters. The maximum absolute atomic E-state index is 12.8. The third-order valence-corrected chi connectivity index (χ3v) is 5.86. The average Bonchev–Trinajstić information content (AvgIpc) is 2.84. The van der Waals surface area contributed by atoms with Gasteiger partial charge >= 0.3 is 6.03 Å². The lowest BCUT2D eigenvalue weighted by atomic mass is 10.2. The summed E-state index contributed by atoms with van der Waals surface area (Å²) in [6.45, 7) is 7.74. The fourth-order valence-electron chi connectivity index (χ4n) is 3.90. The monoisotopic (exact) mass is 503 g/mol. The number of urea groups is 1. The van der Waals surface area contributed by atoms with E-state index in [-0.39, 0.29) is 0 Å². The van der Waals surface area contributed by atoms with E-state index in [1.165, 1.54) is 5.56 Å². The molecule has 2 N–H and O–H groups in total. The second kappa shape index (κ2) is 12.3. The predicted molar refractivity (Wildman–Crippen MR) is 146 cm³/mol. The molecule has 2 amide bonds. The molecule has 2 heterocycles. The second-order valence-electron chi connectivity index (χ2n) is 8.58. The van der Waals surface area contributed by atoms with Gasteiger partial charge in [-0.15, -0.1) is 0 Å². The SMILES string of the molecule is Cc1cc(C)nc(/N=C(\NC(=O)Nc2cccc(Cl)c2)N2CCN(C/C=C/c3ccccc3)CC2)n1. The molecule has 0 unspecified atom stereocenters. The van der Waals surface area contributed by atoms with Gasteiger partial charge in [0.25, 0.3) is 5.95 Å². The zero-order chi connectivity index (χ0) is 25.3. The van der Waals surface area contributed by atoms with Crippen LogP contribution in [0.15, 0.2) is 71.7 Å². The Morgan fingerprint density at radius 2 is 1.72 bits per heavy atom. The number of piperazine rings is 1. The smallest absolute Gasteiger partial charge is 0.326 e. The summed E-state index contributed by atoms with van der Waals surface area (Å²) in [5, 5.41) is 6.25. The zero-order valence-corrected chi connectivity index (χ0v) is 21.2. The number of aliphatic imine (C=N–C) groups is 1. The highest BCUT2D eigenvalue weighted by atomic mass is 35.5. The molecule has 1 aliphatic rings. The van der Waals surface area contributed by atoms with Crippen molar-refractivity contribution in [3.8, 4) is 0 Å². The van der Waals surface area contributed by atoms with E-state index in [1.54, 1.807) is 24.3 Å². The Bertz CT molecular complexity index is 1220. The highest BCUT2D eigenvalue weighted by Gasteiger charge is 2.21. The molecule has 0 bridgehead atoms. The van der Waals surface area contributed by atoms with Gasteiger partial charge in [-0.05, 0) is 43.7 Å². The van der Waals surface area contributed by atoms with Gasteiger partial charge in [0.1, 0.15) is 0 Å². The first kappa shape index (κ1) is 25.3. The van der Waals surface area contributed by atoms with Crippen LogP contribution in [0.25, 0.3) is 6.08 Å². The van der Waals surface area contributed by atoms with Crippen LogP contribution in [0.4, 0.5) is 16.4 Å². The molecule has 36 heavy (non-hydrogen) atoms. The van der Waals surface area contributed by atoms with Gasteiger partial charge in [0.15, 0.2) is 0 Å². The van der Waals surface area contributed by atoms with E-state index >= 15 is 0 Å². The van der Waals surface area contributed by atoms with Crippen molar-refractivity contribution in [2.24, 2.45) is 4.99 Å². The Labute approximate surface area is 216 Å². The molecule has 1 fully saturated rings. The summed E-state index contributed by atoms with van der Waals surface area (Å²) in [4.78, 5) is 30.7. The van der Waals surface area contributed by atoms with Crippen LogP contribution in [0.2, 0.25) is 5.02 Å². The van der Waals surface area contributed by atoms with Crippen molar-refractivity contribution in [3.63, 3.8) is 0 Å². The summed E-state index contributed by atoms with van der Waals surface area (Å²) in [7, 11) is 0. The van der Waals surface area contributed by atoms with Crippen molar-refractivity contribution in [2.45, 2.75) is 13.8 Å². The molecule has 0 spiro atoms. The number of aromatic nitrogens is 2. The number of hydrogen-bond donors (Lipinski definition) is 2. The standard InChI is InChI=1S/C27H30ClN7O/c1-20-18-21(2)30-25(29-20)32-26(33-27(36)31-24-12-6-11-23(28)19-24)35-16-14-34(15-17-35)13-7-10-22-8-4-3-5-9-22/h3-12,18-19H,13-17H2,1-2H3,(H2,29,30,31,32,33,36)/b10-7+. The summed E-state index contributed by atoms with van der Waals surface area (Å²) in [6, 6.07) is 18.7. The molecule has 1 saturated heterocycles. The van der Waals surface area contributed by atoms with E-state index in [0.717, 1.165) is 31.0 Å². The van der Waals surface area contributed by atoms with Crippen LogP contribution in [0.1, 0.15) is 17.0 Å². The number of aryl methyl sites for hydroxylation is 2. The predicted octanol–water partition coefficient (Wildman–Crippen LogP) is 4.89. The van der Waals surface area contributed by atoms with Crippen LogP contribution >= 0.6 is 11.6 Å². The Balaban J connectivity index is 1.43. The fourth-order valence-corrected chi connectivity index (χ4v) is 4.09. The Kier molecular flexibility index (Phi) is 8.65. The normalized spacial score (nSPS) is 14.8. The Hall–Kier alpha value is -3.75. The molecule has 0 saturated carbocycles. The van der Waals surface area contributed by atoms with Crippen LogP contribution in [0.3, 0.4) is 0 Å². The number of hydrogen-bond acceptors (Lipinski definition) is 5. The van der Waals surface area contributed by atoms with Crippen LogP contribution in [-0.2, 0) is 0 Å². The molecule has 8 nitrogen and oxygen atoms in total. The number of nitrogens with one attached hydrogen (secondary N) is 2. The number of nitrogens with zero attached hydrogens (tertiary/aromatic N) is 5. The van der Waals surface area contributed by atoms with Crippen molar-refractivity contribution in [2.75, 3.05) is 38.0 Å². The van der Waals surface area contributed by atoms with Crippen molar-refractivity contribution >= 4 is 41.3 Å². The summed E-state index contributed by atoms with van der Waals surface area (Å²) < 4.78 is 0. The quantitative estimate of drug-likeness (QED) is 0.382. The molecule has 2 aromatic carbocycles. The van der Waals surface area contributed by atoms with E-state index in [4.69, 9.17) is 11.6 Å². The molecule has 0 aliphatic carbocycles. The lowest BCUT2D eigenvalue weighted by Gasteiger charge is -2.35. The van der Waals surface area contributed by atoms with E-state index in [0.29, 0.717) is 35.7 Å². The van der Waals surface area contributed by atoms with Crippen molar-refractivity contribution < 1.29 is 4.79 Å². The molecule has 1 aromatic heterocycles. The van der Waals surface area contributed by atoms with Gasteiger partial charge in [-0.3, -0.25) is 10.2 Å². The number of guanidine groups is 1. The summed E-state index contributed by atoms with van der Waals surface area (Å²) in [5.41, 5.74) is 3.42. The van der Waals surface area contributed by atoms with Crippen molar-refractivity contribution in [1.29, 1.82) is 0 Å². The lowest BCUT2D eigenvalue weighted by Crippen LogP contribution is -2.54. The highest BCUT2D eigenvalue weighted by molar-refractivity contribution is 6.30. The van der Waals surface area contributed by atoms with Gasteiger partial charge in [0, 0.05) is 54.8 Å². The molecule has 3 aromatic rings. The van der Waals surface area contributed by atoms with E-state index in [1.807, 2.05) is 38.1 Å².